The predicted octanol–water partition coefficient (Wildman–Crippen LogP) is 0.889. The number of rotatable bonds is 4. The van der Waals surface area contributed by atoms with E-state index in [0.29, 0.717) is 13.2 Å². The number of likely N-dealkylation sites (tertiary alicyclic amines) is 1. The van der Waals surface area contributed by atoms with E-state index in [9.17, 15) is 4.79 Å². The SMILES string of the molecule is COCCOC1CN(C(=O)I)C1. The Hall–Kier alpha value is 0.120. The Bertz CT molecular complexity index is 159. The Balaban J connectivity index is 1.98. The minimum Gasteiger partial charge on any atom is -0.382 e. The number of methoxy groups -OCH3 is 1. The molecule has 0 aromatic carbocycles. The standard InChI is InChI=1S/C7H12INO3/c1-11-2-3-12-6-4-9(5-6)7(8)10/h6H,2-5H2,1H3. The first-order chi connectivity index (χ1) is 5.74. The van der Waals surface area contributed by atoms with Crippen LogP contribution < -0.4 is 0 Å². The van der Waals surface area contributed by atoms with Crippen molar-refractivity contribution in [1.82, 2.24) is 4.90 Å². The fraction of sp³-hybridized carbons (Fsp3) is 0.857. The third-order valence-corrected chi connectivity index (χ3v) is 2.42. The van der Waals surface area contributed by atoms with Gasteiger partial charge in [-0.05, 0) is 0 Å². The molecule has 1 aliphatic rings. The average Bonchev–Trinajstić information content (AvgIpc) is 1.93. The summed E-state index contributed by atoms with van der Waals surface area (Å²) < 4.78 is 10.3. The lowest BCUT2D eigenvalue weighted by Crippen LogP contribution is -2.53. The highest BCUT2D eigenvalue weighted by molar-refractivity contribution is 14.1. The number of hydrogen-bond acceptors (Lipinski definition) is 3. The van der Waals surface area contributed by atoms with Gasteiger partial charge in [0.2, 0.25) is 0 Å². The van der Waals surface area contributed by atoms with Gasteiger partial charge in [-0.25, -0.2) is 0 Å². The van der Waals surface area contributed by atoms with Crippen LogP contribution in [0.15, 0.2) is 0 Å². The van der Waals surface area contributed by atoms with Crippen molar-refractivity contribution in [2.24, 2.45) is 0 Å². The number of halogens is 1. The first-order valence-corrected chi connectivity index (χ1v) is 4.87. The van der Waals surface area contributed by atoms with Crippen molar-refractivity contribution in [3.63, 3.8) is 0 Å². The fourth-order valence-corrected chi connectivity index (χ4v) is 1.38. The highest BCUT2D eigenvalue weighted by Gasteiger charge is 2.29. The highest BCUT2D eigenvalue weighted by atomic mass is 127. The molecule has 0 bridgehead atoms. The second-order valence-corrected chi connectivity index (χ2v) is 3.57. The van der Waals surface area contributed by atoms with E-state index >= 15 is 0 Å². The van der Waals surface area contributed by atoms with Gasteiger partial charge in [0, 0.05) is 42.8 Å². The summed E-state index contributed by atoms with van der Waals surface area (Å²) in [5.74, 6) is 0. The van der Waals surface area contributed by atoms with Gasteiger partial charge in [0.05, 0.1) is 19.3 Å². The molecule has 1 rings (SSSR count). The van der Waals surface area contributed by atoms with Gasteiger partial charge in [0.1, 0.15) is 0 Å². The van der Waals surface area contributed by atoms with Crippen LogP contribution in [0.4, 0.5) is 4.79 Å². The molecule has 0 saturated carbocycles. The topological polar surface area (TPSA) is 38.8 Å². The van der Waals surface area contributed by atoms with Gasteiger partial charge in [-0.3, -0.25) is 4.79 Å². The Morgan fingerprint density at radius 2 is 2.25 bits per heavy atom. The Morgan fingerprint density at radius 1 is 1.58 bits per heavy atom. The number of ether oxygens (including phenoxy) is 2. The van der Waals surface area contributed by atoms with Crippen LogP contribution in [0, 0.1) is 0 Å². The van der Waals surface area contributed by atoms with Crippen LogP contribution in [0.25, 0.3) is 0 Å². The highest BCUT2D eigenvalue weighted by Crippen LogP contribution is 2.14. The Morgan fingerprint density at radius 3 is 2.75 bits per heavy atom. The lowest BCUT2D eigenvalue weighted by molar-refractivity contribution is -0.0464. The zero-order chi connectivity index (χ0) is 8.97. The molecule has 0 spiro atoms. The number of amides is 1. The van der Waals surface area contributed by atoms with E-state index in [4.69, 9.17) is 9.47 Å². The number of carbonyl (C=O) groups is 1. The molecule has 1 saturated heterocycles. The van der Waals surface area contributed by atoms with Gasteiger partial charge >= 0.3 is 0 Å². The summed E-state index contributed by atoms with van der Waals surface area (Å²) in [6.45, 7) is 2.69. The molecule has 12 heavy (non-hydrogen) atoms. The molecular weight excluding hydrogens is 273 g/mol. The van der Waals surface area contributed by atoms with Crippen molar-refractivity contribution in [2.75, 3.05) is 33.4 Å². The Kier molecular flexibility index (Phi) is 4.24. The normalized spacial score (nSPS) is 17.7. The monoisotopic (exact) mass is 285 g/mol. The smallest absolute Gasteiger partial charge is 0.283 e. The summed E-state index contributed by atoms with van der Waals surface area (Å²) in [5.41, 5.74) is 0. The summed E-state index contributed by atoms with van der Waals surface area (Å²) in [6, 6.07) is 0. The van der Waals surface area contributed by atoms with E-state index in [1.807, 2.05) is 0 Å². The molecule has 0 N–H and O–H groups in total. The van der Waals surface area contributed by atoms with Crippen molar-refractivity contribution in [1.29, 1.82) is 0 Å². The third kappa shape index (κ3) is 2.87. The third-order valence-electron chi connectivity index (χ3n) is 1.74. The summed E-state index contributed by atoms with van der Waals surface area (Å²) >= 11 is 1.78. The van der Waals surface area contributed by atoms with Crippen molar-refractivity contribution < 1.29 is 14.3 Å². The van der Waals surface area contributed by atoms with Crippen LogP contribution in [0.1, 0.15) is 0 Å². The van der Waals surface area contributed by atoms with Crippen molar-refractivity contribution in [3.8, 4) is 0 Å². The molecule has 0 unspecified atom stereocenters. The van der Waals surface area contributed by atoms with Gasteiger partial charge in [-0.2, -0.15) is 0 Å². The van der Waals surface area contributed by atoms with Crippen LogP contribution in [-0.4, -0.2) is 48.3 Å². The molecule has 1 heterocycles. The van der Waals surface area contributed by atoms with E-state index in [-0.39, 0.29) is 10.0 Å². The zero-order valence-electron chi connectivity index (χ0n) is 6.96. The minimum absolute atomic E-state index is 0.0965. The van der Waals surface area contributed by atoms with Crippen molar-refractivity contribution in [2.45, 2.75) is 6.10 Å². The summed E-state index contributed by atoms with van der Waals surface area (Å²) in [4.78, 5) is 12.5. The minimum atomic E-state index is 0.0965. The van der Waals surface area contributed by atoms with E-state index in [0.717, 1.165) is 13.1 Å². The molecule has 70 valence electrons. The van der Waals surface area contributed by atoms with Crippen molar-refractivity contribution in [3.05, 3.63) is 0 Å². The number of nitrogens with zero attached hydrogens (tertiary/aromatic N) is 1. The van der Waals surface area contributed by atoms with Crippen LogP contribution in [0.3, 0.4) is 0 Å². The summed E-state index contributed by atoms with van der Waals surface area (Å²) in [6.07, 6.45) is 0.221. The summed E-state index contributed by atoms with van der Waals surface area (Å²) in [7, 11) is 1.64. The molecule has 0 aromatic rings. The second-order valence-electron chi connectivity index (χ2n) is 2.64. The molecule has 0 atom stereocenters. The van der Waals surface area contributed by atoms with E-state index in [1.165, 1.54) is 0 Å². The first kappa shape index (κ1) is 10.2. The van der Waals surface area contributed by atoms with E-state index in [2.05, 4.69) is 0 Å². The van der Waals surface area contributed by atoms with Crippen molar-refractivity contribution >= 4 is 26.5 Å². The maximum Gasteiger partial charge on any atom is 0.283 e. The van der Waals surface area contributed by atoms with Crippen LogP contribution in [0.2, 0.25) is 0 Å². The van der Waals surface area contributed by atoms with E-state index in [1.54, 1.807) is 34.6 Å². The fourth-order valence-electron chi connectivity index (χ4n) is 0.985. The van der Waals surface area contributed by atoms with Crippen LogP contribution in [-0.2, 0) is 9.47 Å². The van der Waals surface area contributed by atoms with Crippen LogP contribution >= 0.6 is 22.6 Å². The van der Waals surface area contributed by atoms with Gasteiger partial charge in [-0.1, -0.05) is 0 Å². The van der Waals surface area contributed by atoms with Crippen LogP contribution in [0.5, 0.6) is 0 Å². The second kappa shape index (κ2) is 4.98. The largest absolute Gasteiger partial charge is 0.382 e. The molecule has 0 radical (unpaired) electrons. The molecular formula is C7H12INO3. The van der Waals surface area contributed by atoms with Gasteiger partial charge in [0.15, 0.2) is 0 Å². The molecule has 1 fully saturated rings. The summed E-state index contributed by atoms with van der Waals surface area (Å²) in [5, 5.41) is 0. The van der Waals surface area contributed by atoms with Gasteiger partial charge < -0.3 is 14.4 Å². The Labute approximate surface area is 85.3 Å². The lowest BCUT2D eigenvalue weighted by Gasteiger charge is -2.37. The zero-order valence-corrected chi connectivity index (χ0v) is 9.11. The average molecular weight is 285 g/mol. The molecule has 1 amide bonds. The van der Waals surface area contributed by atoms with Gasteiger partial charge in [-0.15, -0.1) is 0 Å². The quantitative estimate of drug-likeness (QED) is 0.333. The number of hydrogen-bond donors (Lipinski definition) is 0. The molecule has 0 aromatic heterocycles. The molecule has 0 aliphatic carbocycles. The maximum absolute atomic E-state index is 10.7. The molecule has 4 nitrogen and oxygen atoms in total. The van der Waals surface area contributed by atoms with Gasteiger partial charge in [0.25, 0.3) is 3.91 Å². The first-order valence-electron chi connectivity index (χ1n) is 3.79. The number of carbonyl (C=O) groups excluding carboxylic acids is 1. The molecule has 1 aliphatic heterocycles. The lowest BCUT2D eigenvalue weighted by atomic mass is 10.2. The van der Waals surface area contributed by atoms with E-state index < -0.39 is 0 Å². The maximum atomic E-state index is 10.7. The molecule has 5 heteroatoms. The predicted molar refractivity (Wildman–Crippen MR) is 52.6 cm³/mol.